The third-order valence-electron chi connectivity index (χ3n) is 7.61. The quantitative estimate of drug-likeness (QED) is 0.347. The molecule has 0 radical (unpaired) electrons. The van der Waals surface area contributed by atoms with E-state index in [-0.39, 0.29) is 30.2 Å². The van der Waals surface area contributed by atoms with Gasteiger partial charge in [-0.25, -0.2) is 4.98 Å². The Morgan fingerprint density at radius 3 is 2.44 bits per heavy atom. The van der Waals surface area contributed by atoms with Crippen LogP contribution in [0.1, 0.15) is 80.2 Å². The number of carbonyl (C=O) groups excluding carboxylic acids is 3. The van der Waals surface area contributed by atoms with Crippen molar-refractivity contribution in [1.82, 2.24) is 25.5 Å². The lowest BCUT2D eigenvalue weighted by Crippen LogP contribution is -2.50. The first-order valence-corrected chi connectivity index (χ1v) is 14.0. The maximum absolute atomic E-state index is 13.5. The number of nitrogens with one attached hydrogen (secondary N) is 3. The van der Waals surface area contributed by atoms with Crippen LogP contribution < -0.4 is 10.6 Å². The summed E-state index contributed by atoms with van der Waals surface area (Å²) in [6.07, 6.45) is 6.69. The van der Waals surface area contributed by atoms with E-state index in [1.165, 1.54) is 0 Å². The molecule has 1 saturated heterocycles. The highest BCUT2D eigenvalue weighted by Crippen LogP contribution is 2.33. The van der Waals surface area contributed by atoms with Gasteiger partial charge in [0, 0.05) is 31.3 Å². The third-order valence-corrected chi connectivity index (χ3v) is 7.61. The Morgan fingerprint density at radius 2 is 1.72 bits per heavy atom. The van der Waals surface area contributed by atoms with Gasteiger partial charge in [0.05, 0.1) is 18.5 Å². The van der Waals surface area contributed by atoms with Gasteiger partial charge in [-0.15, -0.1) is 0 Å². The SMILES string of the molecule is CC(NC(=O)C(CC(=O)N1CCC[C@H]1c1ccccc1)NC(=O)CC1CC1)c1ncc(Cc2ccccc2)[nH]1. The van der Waals surface area contributed by atoms with Gasteiger partial charge in [-0.3, -0.25) is 14.4 Å². The molecule has 5 rings (SSSR count). The van der Waals surface area contributed by atoms with Crippen LogP contribution in [0.2, 0.25) is 0 Å². The summed E-state index contributed by atoms with van der Waals surface area (Å²) in [7, 11) is 0. The van der Waals surface area contributed by atoms with Crippen LogP contribution >= 0.6 is 0 Å². The fourth-order valence-corrected chi connectivity index (χ4v) is 5.31. The number of hydrogen-bond donors (Lipinski definition) is 3. The van der Waals surface area contributed by atoms with Crippen LogP contribution in [0.5, 0.6) is 0 Å². The first-order valence-electron chi connectivity index (χ1n) is 14.0. The highest BCUT2D eigenvalue weighted by atomic mass is 16.2. The van der Waals surface area contributed by atoms with E-state index in [0.29, 0.717) is 31.1 Å². The fourth-order valence-electron chi connectivity index (χ4n) is 5.31. The van der Waals surface area contributed by atoms with Crippen molar-refractivity contribution in [3.05, 3.63) is 89.5 Å². The number of aromatic amines is 1. The number of amides is 3. The van der Waals surface area contributed by atoms with E-state index >= 15 is 0 Å². The molecule has 0 bridgehead atoms. The van der Waals surface area contributed by atoms with E-state index in [1.807, 2.05) is 60.4 Å². The lowest BCUT2D eigenvalue weighted by atomic mass is 10.0. The molecule has 39 heavy (non-hydrogen) atoms. The first kappa shape index (κ1) is 26.7. The maximum Gasteiger partial charge on any atom is 0.243 e. The van der Waals surface area contributed by atoms with E-state index < -0.39 is 12.1 Å². The molecule has 1 aromatic heterocycles. The number of aromatic nitrogens is 2. The second-order valence-electron chi connectivity index (χ2n) is 10.8. The summed E-state index contributed by atoms with van der Waals surface area (Å²) in [4.78, 5) is 49.2. The minimum Gasteiger partial charge on any atom is -0.345 e. The van der Waals surface area contributed by atoms with Crippen LogP contribution in [-0.4, -0.2) is 45.2 Å². The van der Waals surface area contributed by atoms with Gasteiger partial charge >= 0.3 is 0 Å². The molecule has 2 aromatic carbocycles. The maximum atomic E-state index is 13.5. The summed E-state index contributed by atoms with van der Waals surface area (Å²) in [5.41, 5.74) is 3.21. The minimum atomic E-state index is -0.943. The number of hydrogen-bond acceptors (Lipinski definition) is 4. The monoisotopic (exact) mass is 527 g/mol. The Bertz CT molecular complexity index is 1270. The standard InChI is InChI=1S/C31H37N5O3/c1-21(30-32-20-25(34-30)17-22-9-4-2-5-10-22)33-31(39)26(35-28(37)18-23-14-15-23)19-29(38)36-16-8-13-27(36)24-11-6-3-7-12-24/h2-7,9-12,20-21,23,26-27H,8,13-19H2,1H3,(H,32,34)(H,33,39)(H,35,37)/t21?,26?,27-/m0/s1. The van der Waals surface area contributed by atoms with Crippen molar-refractivity contribution in [3.8, 4) is 0 Å². The predicted octanol–water partition coefficient (Wildman–Crippen LogP) is 4.22. The lowest BCUT2D eigenvalue weighted by molar-refractivity contribution is -0.137. The van der Waals surface area contributed by atoms with Crippen molar-refractivity contribution in [2.75, 3.05) is 6.54 Å². The number of nitrogens with zero attached hydrogens (tertiary/aromatic N) is 2. The average molecular weight is 528 g/mol. The zero-order valence-electron chi connectivity index (χ0n) is 22.4. The molecule has 0 spiro atoms. The molecule has 204 valence electrons. The second-order valence-corrected chi connectivity index (χ2v) is 10.8. The Hall–Kier alpha value is -3.94. The van der Waals surface area contributed by atoms with Gasteiger partial charge in [-0.1, -0.05) is 60.7 Å². The molecule has 2 heterocycles. The van der Waals surface area contributed by atoms with Gasteiger partial charge < -0.3 is 20.5 Å². The van der Waals surface area contributed by atoms with Crippen LogP contribution in [0, 0.1) is 5.92 Å². The van der Waals surface area contributed by atoms with Gasteiger partial charge in [0.25, 0.3) is 0 Å². The lowest BCUT2D eigenvalue weighted by Gasteiger charge is -2.27. The summed E-state index contributed by atoms with van der Waals surface area (Å²) in [5, 5.41) is 5.83. The largest absolute Gasteiger partial charge is 0.345 e. The van der Waals surface area contributed by atoms with Gasteiger partial charge in [0.15, 0.2) is 0 Å². The smallest absolute Gasteiger partial charge is 0.243 e. The second kappa shape index (κ2) is 12.3. The molecule has 3 N–H and O–H groups in total. The van der Waals surface area contributed by atoms with E-state index in [4.69, 9.17) is 0 Å². The normalized spacial score (nSPS) is 18.4. The van der Waals surface area contributed by atoms with Crippen molar-refractivity contribution in [1.29, 1.82) is 0 Å². The summed E-state index contributed by atoms with van der Waals surface area (Å²) in [5.74, 6) is 0.339. The Kier molecular flexibility index (Phi) is 8.39. The van der Waals surface area contributed by atoms with Gasteiger partial charge in [0.1, 0.15) is 11.9 Å². The molecule has 3 aromatic rings. The van der Waals surface area contributed by atoms with Crippen molar-refractivity contribution >= 4 is 17.7 Å². The zero-order valence-corrected chi connectivity index (χ0v) is 22.4. The minimum absolute atomic E-state index is 0.00495. The molecule has 3 atom stereocenters. The van der Waals surface area contributed by atoms with Crippen molar-refractivity contribution < 1.29 is 14.4 Å². The van der Waals surface area contributed by atoms with Crippen LogP contribution in [-0.2, 0) is 20.8 Å². The van der Waals surface area contributed by atoms with E-state index in [0.717, 1.165) is 42.5 Å². The average Bonchev–Trinajstić information content (AvgIpc) is 3.40. The number of benzene rings is 2. The highest BCUT2D eigenvalue weighted by Gasteiger charge is 2.34. The molecule has 8 nitrogen and oxygen atoms in total. The molecule has 1 aliphatic heterocycles. The van der Waals surface area contributed by atoms with Crippen LogP contribution in [0.25, 0.3) is 0 Å². The van der Waals surface area contributed by atoms with Crippen LogP contribution in [0.15, 0.2) is 66.9 Å². The summed E-state index contributed by atoms with van der Waals surface area (Å²) in [6, 6.07) is 18.7. The zero-order chi connectivity index (χ0) is 27.2. The summed E-state index contributed by atoms with van der Waals surface area (Å²) >= 11 is 0. The first-order chi connectivity index (χ1) is 19.0. The van der Waals surface area contributed by atoms with Gasteiger partial charge in [-0.2, -0.15) is 0 Å². The van der Waals surface area contributed by atoms with E-state index in [9.17, 15) is 14.4 Å². The van der Waals surface area contributed by atoms with Crippen molar-refractivity contribution in [2.24, 2.45) is 5.92 Å². The van der Waals surface area contributed by atoms with E-state index in [1.54, 1.807) is 6.20 Å². The Morgan fingerprint density at radius 1 is 1.00 bits per heavy atom. The van der Waals surface area contributed by atoms with Crippen LogP contribution in [0.4, 0.5) is 0 Å². The number of carbonyl (C=O) groups is 3. The van der Waals surface area contributed by atoms with E-state index in [2.05, 4.69) is 32.7 Å². The molecule has 2 unspecified atom stereocenters. The topological polar surface area (TPSA) is 107 Å². The third kappa shape index (κ3) is 7.13. The number of H-pyrrole nitrogens is 1. The number of rotatable bonds is 11. The predicted molar refractivity (Wildman–Crippen MR) is 148 cm³/mol. The van der Waals surface area contributed by atoms with Gasteiger partial charge in [0.2, 0.25) is 17.7 Å². The molecule has 1 aliphatic carbocycles. The molecule has 8 heteroatoms. The van der Waals surface area contributed by atoms with Crippen molar-refractivity contribution in [2.45, 2.75) is 70.0 Å². The number of likely N-dealkylation sites (tertiary alicyclic amines) is 1. The molecular weight excluding hydrogens is 490 g/mol. The highest BCUT2D eigenvalue weighted by molar-refractivity contribution is 5.92. The molecule has 3 amide bonds. The molecular formula is C31H37N5O3. The Balaban J connectivity index is 1.24. The molecule has 2 fully saturated rings. The Labute approximate surface area is 229 Å². The number of imidazole rings is 1. The summed E-state index contributed by atoms with van der Waals surface area (Å²) < 4.78 is 0. The molecule has 2 aliphatic rings. The van der Waals surface area contributed by atoms with Crippen LogP contribution in [0.3, 0.4) is 0 Å². The van der Waals surface area contributed by atoms with Gasteiger partial charge in [-0.05, 0) is 49.7 Å². The molecule has 1 saturated carbocycles. The fraction of sp³-hybridized carbons (Fsp3) is 0.419. The summed E-state index contributed by atoms with van der Waals surface area (Å²) in [6.45, 7) is 2.50. The van der Waals surface area contributed by atoms with Crippen molar-refractivity contribution in [3.63, 3.8) is 0 Å².